The molecule has 0 spiro atoms. The molecule has 1 atom stereocenters. The molecule has 7 nitrogen and oxygen atoms in total. The first-order chi connectivity index (χ1) is 14.3. The topological polar surface area (TPSA) is 96.3 Å². The summed E-state index contributed by atoms with van der Waals surface area (Å²) in [4.78, 5) is 21.5. The molecule has 0 radical (unpaired) electrons. The fraction of sp³-hybridized carbons (Fsp3) is 0.304. The maximum Gasteiger partial charge on any atom is 0.328 e. The Bertz CT molecular complexity index is 878. The van der Waals surface area contributed by atoms with Crippen molar-refractivity contribution in [2.24, 2.45) is 0 Å². The SMILES string of the molecule is COc1cc2c(cc1OC)C(c1ccccc1)CN(C)CC2.O=C(O)C=CC(=O)O. The molecule has 7 heteroatoms. The van der Waals surface area contributed by atoms with E-state index in [4.69, 9.17) is 19.7 Å². The van der Waals surface area contributed by atoms with Crippen LogP contribution in [0.25, 0.3) is 0 Å². The lowest BCUT2D eigenvalue weighted by Gasteiger charge is -2.23. The molecule has 0 aliphatic carbocycles. The molecule has 0 amide bonds. The molecule has 0 fully saturated rings. The Balaban J connectivity index is 0.000000343. The third-order valence-electron chi connectivity index (χ3n) is 4.85. The molecular weight excluding hydrogens is 386 g/mol. The number of fused-ring (bicyclic) bond motifs is 1. The number of carbonyl (C=O) groups is 2. The van der Waals surface area contributed by atoms with Gasteiger partial charge in [0.25, 0.3) is 0 Å². The highest BCUT2D eigenvalue weighted by Crippen LogP contribution is 2.38. The Hall–Kier alpha value is -3.32. The number of benzene rings is 2. The zero-order valence-corrected chi connectivity index (χ0v) is 17.4. The smallest absolute Gasteiger partial charge is 0.328 e. The van der Waals surface area contributed by atoms with Crippen LogP contribution in [0.4, 0.5) is 0 Å². The van der Waals surface area contributed by atoms with Crippen molar-refractivity contribution in [1.29, 1.82) is 0 Å². The van der Waals surface area contributed by atoms with Crippen LogP contribution in [0.1, 0.15) is 22.6 Å². The molecule has 1 unspecified atom stereocenters. The van der Waals surface area contributed by atoms with Crippen LogP contribution in [0.3, 0.4) is 0 Å². The van der Waals surface area contributed by atoms with E-state index in [1.54, 1.807) is 14.2 Å². The Morgan fingerprint density at radius 3 is 2.10 bits per heavy atom. The van der Waals surface area contributed by atoms with Crippen LogP contribution < -0.4 is 9.47 Å². The number of carboxylic acid groups (broad SMARTS) is 2. The normalized spacial score (nSPS) is 16.0. The Labute approximate surface area is 176 Å². The Morgan fingerprint density at radius 2 is 1.57 bits per heavy atom. The Kier molecular flexibility index (Phi) is 8.43. The first-order valence-electron chi connectivity index (χ1n) is 9.48. The monoisotopic (exact) mass is 413 g/mol. The van der Waals surface area contributed by atoms with Gasteiger partial charge in [0.05, 0.1) is 14.2 Å². The maximum atomic E-state index is 9.55. The third-order valence-corrected chi connectivity index (χ3v) is 4.85. The highest BCUT2D eigenvalue weighted by atomic mass is 16.5. The number of methoxy groups -OCH3 is 2. The van der Waals surface area contributed by atoms with Crippen molar-refractivity contribution in [2.75, 3.05) is 34.4 Å². The summed E-state index contributed by atoms with van der Waals surface area (Å²) in [5, 5.41) is 15.6. The van der Waals surface area contributed by atoms with Gasteiger partial charge >= 0.3 is 11.9 Å². The summed E-state index contributed by atoms with van der Waals surface area (Å²) in [5.41, 5.74) is 4.06. The molecule has 3 rings (SSSR count). The molecule has 160 valence electrons. The van der Waals surface area contributed by atoms with Gasteiger partial charge in [-0.15, -0.1) is 0 Å². The molecule has 0 saturated heterocycles. The molecule has 0 saturated carbocycles. The predicted molar refractivity (Wildman–Crippen MR) is 113 cm³/mol. The second-order valence-corrected chi connectivity index (χ2v) is 6.89. The van der Waals surface area contributed by atoms with Gasteiger partial charge in [-0.05, 0) is 42.3 Å². The predicted octanol–water partition coefficient (Wildman–Crippen LogP) is 3.04. The van der Waals surface area contributed by atoms with Crippen LogP contribution >= 0.6 is 0 Å². The second kappa shape index (κ2) is 11.0. The van der Waals surface area contributed by atoms with Crippen LogP contribution in [0.2, 0.25) is 0 Å². The molecule has 0 aromatic heterocycles. The zero-order valence-electron chi connectivity index (χ0n) is 17.4. The standard InChI is InChI=1S/C19H23NO2.C4H4O4/c1-20-10-9-15-11-18(21-2)19(22-3)12-16(15)17(13-20)14-7-5-4-6-8-14;5-3(6)1-2-4(7)8/h4-8,11-12,17H,9-10,13H2,1-3H3;1-2H,(H,5,6)(H,7,8). The summed E-state index contributed by atoms with van der Waals surface area (Å²) < 4.78 is 11.0. The summed E-state index contributed by atoms with van der Waals surface area (Å²) in [6.45, 7) is 2.08. The number of rotatable bonds is 5. The van der Waals surface area contributed by atoms with E-state index in [9.17, 15) is 9.59 Å². The summed E-state index contributed by atoms with van der Waals surface area (Å²) in [5.74, 6) is -0.521. The minimum absolute atomic E-state index is 0.364. The minimum Gasteiger partial charge on any atom is -0.493 e. The van der Waals surface area contributed by atoms with E-state index in [0.717, 1.165) is 31.0 Å². The summed E-state index contributed by atoms with van der Waals surface area (Å²) in [7, 11) is 5.59. The molecule has 1 heterocycles. The van der Waals surface area contributed by atoms with E-state index in [2.05, 4.69) is 54.4 Å². The molecule has 1 aliphatic heterocycles. The van der Waals surface area contributed by atoms with Crippen molar-refractivity contribution in [2.45, 2.75) is 12.3 Å². The summed E-state index contributed by atoms with van der Waals surface area (Å²) in [6, 6.07) is 15.0. The zero-order chi connectivity index (χ0) is 22.1. The molecule has 0 bridgehead atoms. The molecular formula is C23H27NO6. The number of hydrogen-bond acceptors (Lipinski definition) is 5. The quantitative estimate of drug-likeness (QED) is 0.728. The minimum atomic E-state index is -1.26. The number of hydrogen-bond donors (Lipinski definition) is 2. The van der Waals surface area contributed by atoms with Crippen LogP contribution in [-0.2, 0) is 16.0 Å². The molecule has 2 aromatic rings. The number of carboxylic acids is 2. The van der Waals surface area contributed by atoms with Crippen LogP contribution in [0.15, 0.2) is 54.6 Å². The van der Waals surface area contributed by atoms with Crippen molar-refractivity contribution in [3.63, 3.8) is 0 Å². The summed E-state index contributed by atoms with van der Waals surface area (Å²) in [6.07, 6.45) is 2.15. The van der Waals surface area contributed by atoms with Gasteiger partial charge in [0, 0.05) is 31.2 Å². The largest absolute Gasteiger partial charge is 0.493 e. The number of aliphatic carboxylic acids is 2. The number of likely N-dealkylation sites (N-methyl/N-ethyl adjacent to an activating group) is 1. The first kappa shape index (κ1) is 23.0. The van der Waals surface area contributed by atoms with E-state index in [1.807, 2.05) is 0 Å². The van der Waals surface area contributed by atoms with Gasteiger partial charge < -0.3 is 24.6 Å². The van der Waals surface area contributed by atoms with Gasteiger partial charge in [-0.25, -0.2) is 9.59 Å². The van der Waals surface area contributed by atoms with Crippen LogP contribution in [0, 0.1) is 0 Å². The van der Waals surface area contributed by atoms with Crippen molar-refractivity contribution < 1.29 is 29.3 Å². The third kappa shape index (κ3) is 6.35. The number of ether oxygens (including phenoxy) is 2. The van der Waals surface area contributed by atoms with Gasteiger partial charge in [-0.3, -0.25) is 0 Å². The number of nitrogens with zero attached hydrogens (tertiary/aromatic N) is 1. The highest BCUT2D eigenvalue weighted by Gasteiger charge is 2.24. The van der Waals surface area contributed by atoms with Gasteiger partial charge in [0.2, 0.25) is 0 Å². The van der Waals surface area contributed by atoms with Crippen LogP contribution in [0.5, 0.6) is 11.5 Å². The molecule has 2 N–H and O–H groups in total. The van der Waals surface area contributed by atoms with Gasteiger partial charge in [-0.2, -0.15) is 0 Å². The van der Waals surface area contributed by atoms with E-state index in [0.29, 0.717) is 18.1 Å². The fourth-order valence-electron chi connectivity index (χ4n) is 3.40. The van der Waals surface area contributed by atoms with Crippen molar-refractivity contribution in [3.05, 3.63) is 71.3 Å². The lowest BCUT2D eigenvalue weighted by molar-refractivity contribution is -0.134. The highest BCUT2D eigenvalue weighted by molar-refractivity contribution is 5.89. The van der Waals surface area contributed by atoms with Crippen molar-refractivity contribution >= 4 is 11.9 Å². The van der Waals surface area contributed by atoms with E-state index in [-0.39, 0.29) is 0 Å². The van der Waals surface area contributed by atoms with Gasteiger partial charge in [0.1, 0.15) is 0 Å². The lowest BCUT2D eigenvalue weighted by Crippen LogP contribution is -2.24. The van der Waals surface area contributed by atoms with Crippen molar-refractivity contribution in [3.8, 4) is 11.5 Å². The maximum absolute atomic E-state index is 9.55. The Morgan fingerprint density at radius 1 is 1.00 bits per heavy atom. The van der Waals surface area contributed by atoms with Crippen molar-refractivity contribution in [1.82, 2.24) is 4.90 Å². The van der Waals surface area contributed by atoms with E-state index >= 15 is 0 Å². The molecule has 30 heavy (non-hydrogen) atoms. The van der Waals surface area contributed by atoms with Crippen LogP contribution in [-0.4, -0.2) is 61.4 Å². The molecule has 1 aliphatic rings. The average Bonchev–Trinajstić information content (AvgIpc) is 2.90. The first-order valence-corrected chi connectivity index (χ1v) is 9.48. The van der Waals surface area contributed by atoms with E-state index < -0.39 is 11.9 Å². The lowest BCUT2D eigenvalue weighted by atomic mass is 9.87. The molecule has 2 aromatic carbocycles. The fourth-order valence-corrected chi connectivity index (χ4v) is 3.40. The average molecular weight is 413 g/mol. The summed E-state index contributed by atoms with van der Waals surface area (Å²) >= 11 is 0. The van der Waals surface area contributed by atoms with Gasteiger partial charge in [-0.1, -0.05) is 30.3 Å². The van der Waals surface area contributed by atoms with E-state index in [1.165, 1.54) is 16.7 Å². The second-order valence-electron chi connectivity index (χ2n) is 6.89. The van der Waals surface area contributed by atoms with Gasteiger partial charge in [0.15, 0.2) is 11.5 Å².